The van der Waals surface area contributed by atoms with Crippen molar-refractivity contribution < 1.29 is 0 Å². The summed E-state index contributed by atoms with van der Waals surface area (Å²) < 4.78 is 1.93. The summed E-state index contributed by atoms with van der Waals surface area (Å²) in [5, 5.41) is 11.5. The number of rotatable bonds is 3. The van der Waals surface area contributed by atoms with Crippen molar-refractivity contribution in [3.63, 3.8) is 0 Å². The van der Waals surface area contributed by atoms with E-state index in [0.717, 1.165) is 22.9 Å². The molecular formula is C14H15N5. The molecule has 1 N–H and O–H groups in total. The van der Waals surface area contributed by atoms with Crippen LogP contribution in [0.25, 0.3) is 5.65 Å². The highest BCUT2D eigenvalue weighted by molar-refractivity contribution is 5.47. The Kier molecular flexibility index (Phi) is 2.87. The molecule has 0 amide bonds. The lowest BCUT2D eigenvalue weighted by molar-refractivity contribution is 0.983. The molecule has 19 heavy (non-hydrogen) atoms. The number of hydrogen-bond acceptors (Lipinski definition) is 4. The molecule has 0 spiro atoms. The third kappa shape index (κ3) is 2.40. The summed E-state index contributed by atoms with van der Waals surface area (Å²) >= 11 is 0. The summed E-state index contributed by atoms with van der Waals surface area (Å²) in [6.45, 7) is 4.70. The Morgan fingerprint density at radius 1 is 1.11 bits per heavy atom. The molecule has 3 aromatic rings. The lowest BCUT2D eigenvalue weighted by Crippen LogP contribution is -2.04. The second-order valence-corrected chi connectivity index (χ2v) is 4.64. The van der Waals surface area contributed by atoms with Crippen molar-refractivity contribution in [2.45, 2.75) is 20.4 Å². The fourth-order valence-corrected chi connectivity index (χ4v) is 1.89. The molecule has 3 aromatic heterocycles. The first-order valence-corrected chi connectivity index (χ1v) is 6.19. The maximum Gasteiger partial charge on any atom is 0.229 e. The molecule has 0 bridgehead atoms. The van der Waals surface area contributed by atoms with Gasteiger partial charge in [0.25, 0.3) is 0 Å². The van der Waals surface area contributed by atoms with Gasteiger partial charge in [0.05, 0.1) is 12.2 Å². The van der Waals surface area contributed by atoms with E-state index in [-0.39, 0.29) is 0 Å². The molecule has 0 aromatic carbocycles. The standard InChI is InChI=1S/C14H15N5/c1-10-5-6-19-13(7-10)17-18-14(19)16-9-12-4-3-11(2)8-15-12/h3-8H,9H2,1-2H3,(H,16,18). The van der Waals surface area contributed by atoms with Crippen LogP contribution in [0.2, 0.25) is 0 Å². The molecule has 0 atom stereocenters. The predicted octanol–water partition coefficient (Wildman–Crippen LogP) is 2.35. The van der Waals surface area contributed by atoms with Gasteiger partial charge >= 0.3 is 0 Å². The van der Waals surface area contributed by atoms with Gasteiger partial charge in [0.2, 0.25) is 5.95 Å². The van der Waals surface area contributed by atoms with E-state index >= 15 is 0 Å². The minimum Gasteiger partial charge on any atom is -0.348 e. The SMILES string of the molecule is Cc1ccc(CNc2nnc3cc(C)ccn23)nc1. The third-order valence-electron chi connectivity index (χ3n) is 2.97. The number of aromatic nitrogens is 4. The zero-order chi connectivity index (χ0) is 13.2. The topological polar surface area (TPSA) is 55.1 Å². The van der Waals surface area contributed by atoms with Gasteiger partial charge in [0, 0.05) is 12.4 Å². The van der Waals surface area contributed by atoms with Crippen molar-refractivity contribution in [1.29, 1.82) is 0 Å². The van der Waals surface area contributed by atoms with Crippen LogP contribution >= 0.6 is 0 Å². The highest BCUT2D eigenvalue weighted by Crippen LogP contribution is 2.11. The van der Waals surface area contributed by atoms with Crippen molar-refractivity contribution in [1.82, 2.24) is 19.6 Å². The monoisotopic (exact) mass is 253 g/mol. The summed E-state index contributed by atoms with van der Waals surface area (Å²) in [7, 11) is 0. The molecule has 0 fully saturated rings. The first-order chi connectivity index (χ1) is 9.22. The summed E-state index contributed by atoms with van der Waals surface area (Å²) in [6, 6.07) is 8.10. The van der Waals surface area contributed by atoms with E-state index in [1.807, 2.05) is 48.8 Å². The van der Waals surface area contributed by atoms with Crippen LogP contribution in [0.5, 0.6) is 0 Å². The molecule has 5 heteroatoms. The summed E-state index contributed by atoms with van der Waals surface area (Å²) in [5.74, 6) is 0.734. The Hall–Kier alpha value is -2.43. The number of nitrogens with zero attached hydrogens (tertiary/aromatic N) is 4. The van der Waals surface area contributed by atoms with E-state index in [9.17, 15) is 0 Å². The first kappa shape index (κ1) is 11.6. The fraction of sp³-hybridized carbons (Fsp3) is 0.214. The van der Waals surface area contributed by atoms with Gasteiger partial charge in [-0.25, -0.2) is 0 Å². The molecule has 0 aliphatic carbocycles. The second-order valence-electron chi connectivity index (χ2n) is 4.64. The van der Waals surface area contributed by atoms with Crippen LogP contribution in [0, 0.1) is 13.8 Å². The summed E-state index contributed by atoms with van der Waals surface area (Å²) in [4.78, 5) is 4.35. The van der Waals surface area contributed by atoms with Gasteiger partial charge in [0.1, 0.15) is 0 Å². The summed E-state index contributed by atoms with van der Waals surface area (Å²) in [6.07, 6.45) is 3.83. The van der Waals surface area contributed by atoms with Crippen LogP contribution in [-0.4, -0.2) is 19.6 Å². The predicted molar refractivity (Wildman–Crippen MR) is 74.0 cm³/mol. The Balaban J connectivity index is 1.80. The lowest BCUT2D eigenvalue weighted by atomic mass is 10.3. The molecule has 3 rings (SSSR count). The smallest absolute Gasteiger partial charge is 0.229 e. The van der Waals surface area contributed by atoms with Crippen LogP contribution in [-0.2, 0) is 6.54 Å². The van der Waals surface area contributed by atoms with E-state index in [0.29, 0.717) is 6.54 Å². The number of nitrogens with one attached hydrogen (secondary N) is 1. The Morgan fingerprint density at radius 3 is 2.79 bits per heavy atom. The van der Waals surface area contributed by atoms with Gasteiger partial charge in [-0.3, -0.25) is 9.38 Å². The summed E-state index contributed by atoms with van der Waals surface area (Å²) in [5.41, 5.74) is 4.16. The molecular weight excluding hydrogens is 238 g/mol. The first-order valence-electron chi connectivity index (χ1n) is 6.19. The average Bonchev–Trinajstić information content (AvgIpc) is 2.80. The van der Waals surface area contributed by atoms with Crippen molar-refractivity contribution in [2.75, 3.05) is 5.32 Å². The third-order valence-corrected chi connectivity index (χ3v) is 2.97. The molecule has 0 saturated heterocycles. The quantitative estimate of drug-likeness (QED) is 0.778. The average molecular weight is 253 g/mol. The van der Waals surface area contributed by atoms with Gasteiger partial charge in [-0.05, 0) is 43.2 Å². The van der Waals surface area contributed by atoms with E-state index < -0.39 is 0 Å². The zero-order valence-corrected chi connectivity index (χ0v) is 11.0. The van der Waals surface area contributed by atoms with Crippen LogP contribution in [0.1, 0.15) is 16.8 Å². The Morgan fingerprint density at radius 2 is 2.00 bits per heavy atom. The van der Waals surface area contributed by atoms with Gasteiger partial charge in [0.15, 0.2) is 5.65 Å². The van der Waals surface area contributed by atoms with Crippen LogP contribution in [0.3, 0.4) is 0 Å². The maximum absolute atomic E-state index is 4.35. The van der Waals surface area contributed by atoms with E-state index in [2.05, 4.69) is 26.6 Å². The van der Waals surface area contributed by atoms with Gasteiger partial charge in [-0.1, -0.05) is 6.07 Å². The van der Waals surface area contributed by atoms with Crippen molar-refractivity contribution in [2.24, 2.45) is 0 Å². The van der Waals surface area contributed by atoms with Crippen LogP contribution in [0.15, 0.2) is 36.7 Å². The lowest BCUT2D eigenvalue weighted by Gasteiger charge is -2.04. The fourth-order valence-electron chi connectivity index (χ4n) is 1.89. The molecule has 3 heterocycles. The largest absolute Gasteiger partial charge is 0.348 e. The molecule has 5 nitrogen and oxygen atoms in total. The van der Waals surface area contributed by atoms with Gasteiger partial charge in [-0.15, -0.1) is 10.2 Å². The Bertz CT molecular complexity index is 699. The maximum atomic E-state index is 4.35. The molecule has 0 radical (unpaired) electrons. The molecule has 0 aliphatic heterocycles. The normalized spacial score (nSPS) is 10.8. The van der Waals surface area contributed by atoms with Gasteiger partial charge in [-0.2, -0.15) is 0 Å². The number of fused-ring (bicyclic) bond motifs is 1. The number of hydrogen-bond donors (Lipinski definition) is 1. The zero-order valence-electron chi connectivity index (χ0n) is 11.0. The molecule has 0 aliphatic rings. The van der Waals surface area contributed by atoms with Crippen molar-refractivity contribution >= 4 is 11.6 Å². The van der Waals surface area contributed by atoms with Gasteiger partial charge < -0.3 is 5.32 Å². The Labute approximate surface area is 111 Å². The number of aryl methyl sites for hydroxylation is 2. The van der Waals surface area contributed by atoms with Crippen molar-refractivity contribution in [3.05, 3.63) is 53.5 Å². The minimum atomic E-state index is 0.634. The van der Waals surface area contributed by atoms with Crippen molar-refractivity contribution in [3.8, 4) is 0 Å². The van der Waals surface area contributed by atoms with Crippen LogP contribution in [0.4, 0.5) is 5.95 Å². The number of pyridine rings is 2. The molecule has 0 unspecified atom stereocenters. The number of anilines is 1. The van der Waals surface area contributed by atoms with E-state index in [1.54, 1.807) is 0 Å². The second kappa shape index (κ2) is 4.68. The van der Waals surface area contributed by atoms with E-state index in [1.165, 1.54) is 5.56 Å². The molecule has 96 valence electrons. The van der Waals surface area contributed by atoms with Crippen LogP contribution < -0.4 is 5.32 Å². The molecule has 0 saturated carbocycles. The minimum absolute atomic E-state index is 0.634. The van der Waals surface area contributed by atoms with E-state index in [4.69, 9.17) is 0 Å². The highest BCUT2D eigenvalue weighted by Gasteiger charge is 2.04. The highest BCUT2D eigenvalue weighted by atomic mass is 15.3.